The molecular weight excluding hydrogens is 326 g/mol. The number of aromatic nitrogens is 2. The largest absolute Gasteiger partial charge is 0.405 e. The van der Waals surface area contributed by atoms with Gasteiger partial charge in [-0.05, 0) is 37.8 Å². The highest BCUT2D eigenvalue weighted by Gasteiger charge is 2.24. The zero-order valence-corrected chi connectivity index (χ0v) is 14.7. The molecule has 2 heterocycles. The first kappa shape index (κ1) is 17.0. The maximum Gasteiger partial charge on any atom is 0.322 e. The molecule has 0 unspecified atom stereocenters. The molecule has 0 bridgehead atoms. The molecule has 1 aliphatic heterocycles. The van der Waals surface area contributed by atoms with E-state index in [-0.39, 0.29) is 18.0 Å². The average Bonchev–Trinajstić information content (AvgIpc) is 3.21. The van der Waals surface area contributed by atoms with Gasteiger partial charge in [-0.3, -0.25) is 10.1 Å². The van der Waals surface area contributed by atoms with Gasteiger partial charge in [-0.2, -0.15) is 0 Å². The van der Waals surface area contributed by atoms with Gasteiger partial charge in [-0.15, -0.1) is 16.9 Å². The van der Waals surface area contributed by atoms with Crippen LogP contribution in [0.2, 0.25) is 0 Å². The number of carbonyl (C=O) groups excluding carboxylic acids is 1. The molecule has 3 rings (SSSR count). The van der Waals surface area contributed by atoms with Crippen LogP contribution in [0.15, 0.2) is 22.6 Å². The predicted octanol–water partition coefficient (Wildman–Crippen LogP) is 3.41. The minimum atomic E-state index is -0.146. The van der Waals surface area contributed by atoms with E-state index < -0.39 is 0 Å². The predicted molar refractivity (Wildman–Crippen MR) is 92.9 cm³/mol. The van der Waals surface area contributed by atoms with Crippen molar-refractivity contribution in [3.8, 4) is 0 Å². The zero-order chi connectivity index (χ0) is 16.9. The molecule has 1 N–H and O–H groups in total. The molecule has 0 saturated carbocycles. The number of rotatable bonds is 6. The van der Waals surface area contributed by atoms with Gasteiger partial charge < -0.3 is 9.15 Å². The Bertz CT molecular complexity index is 711. The standard InChI is InChI=1S/C17H21N3O3S/c1-11-5-6-12(2)13(8-11)9-24-10-15(21)18-17-20-19-16(23-17)14-4-3-7-22-14/h5-6,8,14H,3-4,7,9-10H2,1-2H3,(H,18,20,21)/t14-/m1/s1. The number of thioether (sulfide) groups is 1. The van der Waals surface area contributed by atoms with Gasteiger partial charge in [0, 0.05) is 12.4 Å². The Kier molecular flexibility index (Phi) is 5.52. The lowest BCUT2D eigenvalue weighted by Crippen LogP contribution is -2.14. The van der Waals surface area contributed by atoms with Crippen molar-refractivity contribution in [1.29, 1.82) is 0 Å². The van der Waals surface area contributed by atoms with Crippen molar-refractivity contribution in [2.75, 3.05) is 17.7 Å². The van der Waals surface area contributed by atoms with Gasteiger partial charge in [0.1, 0.15) is 6.10 Å². The highest BCUT2D eigenvalue weighted by atomic mass is 32.2. The van der Waals surface area contributed by atoms with E-state index in [1.165, 1.54) is 16.7 Å². The minimum Gasteiger partial charge on any atom is -0.405 e. The van der Waals surface area contributed by atoms with Gasteiger partial charge in [0.2, 0.25) is 11.8 Å². The molecule has 0 spiro atoms. The third-order valence-corrected chi connectivity index (χ3v) is 4.87. The second-order valence-electron chi connectivity index (χ2n) is 5.92. The van der Waals surface area contributed by atoms with Crippen molar-refractivity contribution >= 4 is 23.7 Å². The van der Waals surface area contributed by atoms with Crippen LogP contribution in [0.3, 0.4) is 0 Å². The highest BCUT2D eigenvalue weighted by Crippen LogP contribution is 2.28. The quantitative estimate of drug-likeness (QED) is 0.863. The summed E-state index contributed by atoms with van der Waals surface area (Å²) < 4.78 is 10.9. The number of aryl methyl sites for hydroxylation is 2. The summed E-state index contributed by atoms with van der Waals surface area (Å²) in [5.41, 5.74) is 3.73. The lowest BCUT2D eigenvalue weighted by molar-refractivity contribution is -0.113. The van der Waals surface area contributed by atoms with Crippen molar-refractivity contribution in [3.63, 3.8) is 0 Å². The number of hydrogen-bond acceptors (Lipinski definition) is 6. The van der Waals surface area contributed by atoms with Crippen molar-refractivity contribution in [3.05, 3.63) is 40.8 Å². The topological polar surface area (TPSA) is 77.2 Å². The van der Waals surface area contributed by atoms with Gasteiger partial charge >= 0.3 is 6.01 Å². The highest BCUT2D eigenvalue weighted by molar-refractivity contribution is 7.99. The molecule has 1 aliphatic rings. The molecule has 1 atom stereocenters. The van der Waals surface area contributed by atoms with E-state index in [1.807, 2.05) is 0 Å². The summed E-state index contributed by atoms with van der Waals surface area (Å²) in [4.78, 5) is 12.0. The Morgan fingerprint density at radius 1 is 1.38 bits per heavy atom. The van der Waals surface area contributed by atoms with Crippen LogP contribution in [0.5, 0.6) is 0 Å². The average molecular weight is 347 g/mol. The SMILES string of the molecule is Cc1ccc(C)c(CSCC(=O)Nc2nnc([C@H]3CCCO3)o2)c1. The number of nitrogens with one attached hydrogen (secondary N) is 1. The molecule has 0 aliphatic carbocycles. The van der Waals surface area contributed by atoms with Crippen LogP contribution in [0.25, 0.3) is 0 Å². The fourth-order valence-corrected chi connectivity index (χ4v) is 3.44. The molecule has 0 radical (unpaired) electrons. The van der Waals surface area contributed by atoms with E-state index in [1.54, 1.807) is 11.8 Å². The fraction of sp³-hybridized carbons (Fsp3) is 0.471. The number of hydrogen-bond donors (Lipinski definition) is 1. The number of ether oxygens (including phenoxy) is 1. The number of carbonyl (C=O) groups is 1. The lowest BCUT2D eigenvalue weighted by atomic mass is 10.1. The molecule has 7 heteroatoms. The van der Waals surface area contributed by atoms with Crippen LogP contribution in [0.1, 0.15) is 41.5 Å². The van der Waals surface area contributed by atoms with Crippen molar-refractivity contribution in [2.24, 2.45) is 0 Å². The number of amides is 1. The van der Waals surface area contributed by atoms with E-state index in [0.29, 0.717) is 18.3 Å². The maximum atomic E-state index is 12.0. The van der Waals surface area contributed by atoms with Gasteiger partial charge in [-0.25, -0.2) is 0 Å². The van der Waals surface area contributed by atoms with Gasteiger partial charge in [-0.1, -0.05) is 28.9 Å². The summed E-state index contributed by atoms with van der Waals surface area (Å²) in [7, 11) is 0. The summed E-state index contributed by atoms with van der Waals surface area (Å²) in [5, 5.41) is 10.4. The van der Waals surface area contributed by atoms with Crippen LogP contribution in [-0.4, -0.2) is 28.5 Å². The number of benzene rings is 1. The Morgan fingerprint density at radius 2 is 2.25 bits per heavy atom. The second-order valence-corrected chi connectivity index (χ2v) is 6.90. The van der Waals surface area contributed by atoms with Gasteiger partial charge in [0.05, 0.1) is 5.75 Å². The molecule has 6 nitrogen and oxygen atoms in total. The van der Waals surface area contributed by atoms with Crippen LogP contribution in [-0.2, 0) is 15.3 Å². The molecule has 2 aromatic rings. The summed E-state index contributed by atoms with van der Waals surface area (Å²) in [5.74, 6) is 1.43. The minimum absolute atomic E-state index is 0.137. The lowest BCUT2D eigenvalue weighted by Gasteiger charge is -2.06. The summed E-state index contributed by atoms with van der Waals surface area (Å²) in [6, 6.07) is 6.50. The van der Waals surface area contributed by atoms with Crippen LogP contribution >= 0.6 is 11.8 Å². The Labute approximate surface area is 145 Å². The molecule has 128 valence electrons. The normalized spacial score (nSPS) is 17.2. The molecule has 1 aromatic heterocycles. The van der Waals surface area contributed by atoms with Gasteiger partial charge in [0.25, 0.3) is 0 Å². The van der Waals surface area contributed by atoms with Crippen LogP contribution < -0.4 is 5.32 Å². The van der Waals surface area contributed by atoms with Crippen LogP contribution in [0.4, 0.5) is 6.01 Å². The summed E-state index contributed by atoms with van der Waals surface area (Å²) in [6.45, 7) is 4.87. The molecular formula is C17H21N3O3S. The fourth-order valence-electron chi connectivity index (χ4n) is 2.55. The molecule has 1 saturated heterocycles. The van der Waals surface area contributed by atoms with E-state index >= 15 is 0 Å². The third kappa shape index (κ3) is 4.36. The van der Waals surface area contributed by atoms with Crippen molar-refractivity contribution in [1.82, 2.24) is 10.2 Å². The second kappa shape index (κ2) is 7.81. The first-order valence-electron chi connectivity index (χ1n) is 8.00. The molecule has 24 heavy (non-hydrogen) atoms. The number of anilines is 1. The Balaban J connectivity index is 1.46. The first-order chi connectivity index (χ1) is 11.6. The maximum absolute atomic E-state index is 12.0. The number of nitrogens with zero attached hydrogens (tertiary/aromatic N) is 2. The summed E-state index contributed by atoms with van der Waals surface area (Å²) in [6.07, 6.45) is 1.73. The monoisotopic (exact) mass is 347 g/mol. The van der Waals surface area contributed by atoms with E-state index in [9.17, 15) is 4.79 Å². The zero-order valence-electron chi connectivity index (χ0n) is 13.9. The summed E-state index contributed by atoms with van der Waals surface area (Å²) >= 11 is 1.56. The first-order valence-corrected chi connectivity index (χ1v) is 9.16. The molecule has 1 fully saturated rings. The van der Waals surface area contributed by atoms with E-state index in [0.717, 1.165) is 18.6 Å². The Morgan fingerprint density at radius 3 is 3.04 bits per heavy atom. The van der Waals surface area contributed by atoms with Gasteiger partial charge in [0.15, 0.2) is 0 Å². The molecule has 1 amide bonds. The van der Waals surface area contributed by atoms with Crippen LogP contribution in [0, 0.1) is 13.8 Å². The van der Waals surface area contributed by atoms with E-state index in [4.69, 9.17) is 9.15 Å². The van der Waals surface area contributed by atoms with E-state index in [2.05, 4.69) is 47.6 Å². The van der Waals surface area contributed by atoms with Crippen molar-refractivity contribution in [2.45, 2.75) is 38.5 Å². The van der Waals surface area contributed by atoms with Crippen molar-refractivity contribution < 1.29 is 13.9 Å². The molecule has 1 aromatic carbocycles. The Hall–Kier alpha value is -1.86. The third-order valence-electron chi connectivity index (χ3n) is 3.89. The smallest absolute Gasteiger partial charge is 0.322 e.